The van der Waals surface area contributed by atoms with Crippen LogP contribution in [0.4, 0.5) is 0 Å². The minimum atomic E-state index is 0. The Morgan fingerprint density at radius 3 is 0.966 bits per heavy atom. The van der Waals surface area contributed by atoms with Crippen LogP contribution in [0.3, 0.4) is 0 Å². The zero-order valence-corrected chi connectivity index (χ0v) is 21.8. The Morgan fingerprint density at radius 1 is 0.414 bits per heavy atom. The lowest BCUT2D eigenvalue weighted by Gasteiger charge is -2.36. The van der Waals surface area contributed by atoms with Crippen molar-refractivity contribution < 1.29 is 0 Å². The molecule has 0 rings (SSSR count). The van der Waals surface area contributed by atoms with Crippen molar-refractivity contribution in [3.63, 3.8) is 0 Å². The molecule has 0 atom stereocenters. The molecule has 0 saturated heterocycles. The van der Waals surface area contributed by atoms with Crippen molar-refractivity contribution in [3.05, 3.63) is 0 Å². The third-order valence-corrected chi connectivity index (χ3v) is 6.58. The summed E-state index contributed by atoms with van der Waals surface area (Å²) in [5.41, 5.74) is 0.440. The number of hydrogen-bond acceptors (Lipinski definition) is 1. The normalized spacial score (nSPS) is 11.6. The van der Waals surface area contributed by atoms with E-state index >= 15 is 0 Å². The first kappa shape index (κ1) is 31.4. The quantitative estimate of drug-likeness (QED) is 0.158. The summed E-state index contributed by atoms with van der Waals surface area (Å²) in [4.78, 5) is 0. The molecule has 1 nitrogen and oxygen atoms in total. The van der Waals surface area contributed by atoms with Gasteiger partial charge in [-0.1, -0.05) is 143 Å². The molecule has 0 radical (unpaired) electrons. The van der Waals surface area contributed by atoms with Gasteiger partial charge >= 0.3 is 0 Å². The standard InChI is InChI=1S/C27H57N.ClH/c1-5-9-12-15-18-21-24-27(28-8-4,25-22-19-16-13-10-6-2)26-23-20-17-14-11-7-3;/h28H,5-26H2,1-4H3;1H. The number of halogens is 1. The second-order valence-corrected chi connectivity index (χ2v) is 9.36. The van der Waals surface area contributed by atoms with Gasteiger partial charge in [0.25, 0.3) is 0 Å². The first-order valence-corrected chi connectivity index (χ1v) is 13.5. The molecule has 2 heteroatoms. The topological polar surface area (TPSA) is 12.0 Å². The molecule has 0 heterocycles. The maximum Gasteiger partial charge on any atom is 0.0181 e. The highest BCUT2D eigenvalue weighted by Gasteiger charge is 2.27. The van der Waals surface area contributed by atoms with Gasteiger partial charge in [-0.25, -0.2) is 0 Å². The molecule has 0 bridgehead atoms. The average molecular weight is 432 g/mol. The Bertz CT molecular complexity index is 251. The summed E-state index contributed by atoms with van der Waals surface area (Å²) in [5.74, 6) is 0. The highest BCUT2D eigenvalue weighted by Crippen LogP contribution is 2.29. The maximum absolute atomic E-state index is 4.00. The lowest BCUT2D eigenvalue weighted by molar-refractivity contribution is 0.240. The Morgan fingerprint density at radius 2 is 0.690 bits per heavy atom. The molecule has 0 aromatic rings. The largest absolute Gasteiger partial charge is 0.312 e. The highest BCUT2D eigenvalue weighted by molar-refractivity contribution is 5.85. The summed E-state index contributed by atoms with van der Waals surface area (Å²) < 4.78 is 0. The highest BCUT2D eigenvalue weighted by atomic mass is 35.5. The number of rotatable bonds is 23. The van der Waals surface area contributed by atoms with Gasteiger partial charge < -0.3 is 5.32 Å². The van der Waals surface area contributed by atoms with Crippen LogP contribution in [0.1, 0.15) is 163 Å². The number of hydrogen-bond donors (Lipinski definition) is 1. The van der Waals surface area contributed by atoms with E-state index in [2.05, 4.69) is 33.0 Å². The molecule has 0 aliphatic rings. The van der Waals surface area contributed by atoms with E-state index in [0.29, 0.717) is 5.54 Å². The van der Waals surface area contributed by atoms with Gasteiger partial charge in [0.05, 0.1) is 0 Å². The Hall–Kier alpha value is 0.250. The van der Waals surface area contributed by atoms with Gasteiger partial charge in [0.2, 0.25) is 0 Å². The molecule has 0 amide bonds. The van der Waals surface area contributed by atoms with E-state index in [9.17, 15) is 0 Å². The third kappa shape index (κ3) is 19.9. The van der Waals surface area contributed by atoms with Crippen molar-refractivity contribution in [2.24, 2.45) is 0 Å². The monoisotopic (exact) mass is 431 g/mol. The fourth-order valence-electron chi connectivity index (χ4n) is 4.75. The SMILES string of the molecule is CCCCCCCCC(CCCCCCCC)(CCCCCCCC)NCC.Cl. The van der Waals surface area contributed by atoms with Gasteiger partial charge in [-0.3, -0.25) is 0 Å². The predicted octanol–water partition coefficient (Wildman–Crippen LogP) is 10.0. The van der Waals surface area contributed by atoms with Gasteiger partial charge in [-0.2, -0.15) is 0 Å². The van der Waals surface area contributed by atoms with E-state index in [1.807, 2.05) is 0 Å². The Labute approximate surface area is 192 Å². The fourth-order valence-corrected chi connectivity index (χ4v) is 4.75. The van der Waals surface area contributed by atoms with Crippen molar-refractivity contribution in [1.82, 2.24) is 5.32 Å². The van der Waals surface area contributed by atoms with Crippen LogP contribution in [0.5, 0.6) is 0 Å². The van der Waals surface area contributed by atoms with Crippen LogP contribution in [0.2, 0.25) is 0 Å². The van der Waals surface area contributed by atoms with Crippen molar-refractivity contribution in [2.75, 3.05) is 6.54 Å². The molecule has 29 heavy (non-hydrogen) atoms. The van der Waals surface area contributed by atoms with Crippen molar-refractivity contribution >= 4 is 12.4 Å². The van der Waals surface area contributed by atoms with E-state index in [0.717, 1.165) is 6.54 Å². The minimum absolute atomic E-state index is 0. The fraction of sp³-hybridized carbons (Fsp3) is 1.00. The van der Waals surface area contributed by atoms with Crippen molar-refractivity contribution in [1.29, 1.82) is 0 Å². The number of unbranched alkanes of at least 4 members (excludes halogenated alkanes) is 15. The van der Waals surface area contributed by atoms with Crippen LogP contribution in [-0.4, -0.2) is 12.1 Å². The molecule has 0 unspecified atom stereocenters. The van der Waals surface area contributed by atoms with Crippen LogP contribution < -0.4 is 5.32 Å². The molecule has 0 saturated carbocycles. The third-order valence-electron chi connectivity index (χ3n) is 6.58. The van der Waals surface area contributed by atoms with Gasteiger partial charge in [0, 0.05) is 5.54 Å². The zero-order valence-electron chi connectivity index (χ0n) is 21.0. The smallest absolute Gasteiger partial charge is 0.0181 e. The molecular formula is C27H58ClN. The lowest BCUT2D eigenvalue weighted by atomic mass is 9.81. The van der Waals surface area contributed by atoms with Crippen molar-refractivity contribution in [2.45, 2.75) is 168 Å². The Balaban J connectivity index is 0. The van der Waals surface area contributed by atoms with Crippen LogP contribution >= 0.6 is 12.4 Å². The summed E-state index contributed by atoms with van der Waals surface area (Å²) in [7, 11) is 0. The van der Waals surface area contributed by atoms with E-state index in [1.165, 1.54) is 135 Å². The first-order valence-electron chi connectivity index (χ1n) is 13.5. The Kier molecular flexibility index (Phi) is 26.6. The molecule has 0 aromatic heterocycles. The van der Waals surface area contributed by atoms with E-state index in [1.54, 1.807) is 0 Å². The van der Waals surface area contributed by atoms with Gasteiger partial charge in [-0.05, 0) is 25.8 Å². The summed E-state index contributed by atoms with van der Waals surface area (Å²) in [6.07, 6.45) is 29.9. The minimum Gasteiger partial charge on any atom is -0.312 e. The van der Waals surface area contributed by atoms with Crippen LogP contribution in [-0.2, 0) is 0 Å². The van der Waals surface area contributed by atoms with Crippen LogP contribution in [0, 0.1) is 0 Å². The average Bonchev–Trinajstić information content (AvgIpc) is 2.70. The van der Waals surface area contributed by atoms with E-state index in [4.69, 9.17) is 0 Å². The number of nitrogens with one attached hydrogen (secondary N) is 1. The molecule has 0 aromatic carbocycles. The van der Waals surface area contributed by atoms with Crippen molar-refractivity contribution in [3.8, 4) is 0 Å². The maximum atomic E-state index is 4.00. The second kappa shape index (κ2) is 24.5. The molecule has 178 valence electrons. The van der Waals surface area contributed by atoms with Gasteiger partial charge in [0.1, 0.15) is 0 Å². The summed E-state index contributed by atoms with van der Waals surface area (Å²) in [6, 6.07) is 0. The first-order chi connectivity index (χ1) is 13.7. The summed E-state index contributed by atoms with van der Waals surface area (Å²) in [6.45, 7) is 10.4. The molecule has 0 aliphatic carbocycles. The molecular weight excluding hydrogens is 374 g/mol. The van der Waals surface area contributed by atoms with Crippen LogP contribution in [0.15, 0.2) is 0 Å². The lowest BCUT2D eigenvalue weighted by Crippen LogP contribution is -2.45. The molecule has 1 N–H and O–H groups in total. The second-order valence-electron chi connectivity index (χ2n) is 9.36. The molecule has 0 fully saturated rings. The summed E-state index contributed by atoms with van der Waals surface area (Å²) >= 11 is 0. The van der Waals surface area contributed by atoms with Gasteiger partial charge in [0.15, 0.2) is 0 Å². The zero-order chi connectivity index (χ0) is 20.8. The summed E-state index contributed by atoms with van der Waals surface area (Å²) in [5, 5.41) is 4.00. The van der Waals surface area contributed by atoms with Crippen LogP contribution in [0.25, 0.3) is 0 Å². The van der Waals surface area contributed by atoms with E-state index < -0.39 is 0 Å². The van der Waals surface area contributed by atoms with Gasteiger partial charge in [-0.15, -0.1) is 12.4 Å². The predicted molar refractivity (Wildman–Crippen MR) is 138 cm³/mol. The van der Waals surface area contributed by atoms with E-state index in [-0.39, 0.29) is 12.4 Å². The molecule has 0 aliphatic heterocycles. The molecule has 0 spiro atoms.